The van der Waals surface area contributed by atoms with Gasteiger partial charge in [0.15, 0.2) is 13.9 Å². The Morgan fingerprint density at radius 1 is 0.917 bits per heavy atom. The Balaban J connectivity index is 2.06. The molecule has 5 nitrogen and oxygen atoms in total. The number of hydrogen-bond donors (Lipinski definition) is 0. The van der Waals surface area contributed by atoms with E-state index in [1.807, 2.05) is 6.20 Å². The molecule has 7 heteroatoms. The second kappa shape index (κ2) is 6.88. The van der Waals surface area contributed by atoms with E-state index in [2.05, 4.69) is 42.2 Å². The number of hydrogen-bond acceptors (Lipinski definition) is 5. The Kier molecular flexibility index (Phi) is 5.01. The molecule has 0 spiro atoms. The van der Waals surface area contributed by atoms with E-state index < -0.39 is 16.3 Å². The SMILES string of the molecule is CC[Si]1(CC)CC[Si](CC)(CC)N(c2ncc3nccnc3n2)C1. The van der Waals surface area contributed by atoms with Crippen molar-refractivity contribution in [3.05, 3.63) is 18.6 Å². The van der Waals surface area contributed by atoms with Gasteiger partial charge in [-0.1, -0.05) is 45.8 Å². The number of aromatic nitrogens is 4. The Labute approximate surface area is 147 Å². The van der Waals surface area contributed by atoms with Crippen LogP contribution in [0, 0.1) is 0 Å². The fraction of sp³-hybridized carbons (Fsp3) is 0.647. The molecule has 130 valence electrons. The summed E-state index contributed by atoms with van der Waals surface area (Å²) in [5.41, 5.74) is 1.51. The van der Waals surface area contributed by atoms with Crippen LogP contribution in [0.3, 0.4) is 0 Å². The molecule has 24 heavy (non-hydrogen) atoms. The molecule has 0 unspecified atom stereocenters. The standard InChI is InChI=1S/C17H29N5Si2/c1-5-23(6-2)11-12-24(7-3,8-4)22(14-23)17-20-13-15-16(21-17)19-10-9-18-15/h9-10,13H,5-8,11-12,14H2,1-4H3. The van der Waals surface area contributed by atoms with Gasteiger partial charge in [0.05, 0.1) is 14.3 Å². The van der Waals surface area contributed by atoms with Gasteiger partial charge in [-0.15, -0.1) is 0 Å². The first-order valence-corrected chi connectivity index (χ1v) is 14.7. The van der Waals surface area contributed by atoms with Crippen molar-refractivity contribution in [3.63, 3.8) is 0 Å². The van der Waals surface area contributed by atoms with E-state index in [4.69, 9.17) is 9.97 Å². The van der Waals surface area contributed by atoms with Crippen molar-refractivity contribution >= 4 is 33.4 Å². The zero-order chi connectivity index (χ0) is 17.2. The summed E-state index contributed by atoms with van der Waals surface area (Å²) in [5, 5.41) is 0. The summed E-state index contributed by atoms with van der Waals surface area (Å²) in [4.78, 5) is 18.3. The Bertz CT molecular complexity index is 700. The van der Waals surface area contributed by atoms with Gasteiger partial charge in [0.25, 0.3) is 0 Å². The molecule has 0 atom stereocenters. The van der Waals surface area contributed by atoms with Crippen LogP contribution < -0.4 is 4.57 Å². The monoisotopic (exact) mass is 359 g/mol. The van der Waals surface area contributed by atoms with Gasteiger partial charge in [0.2, 0.25) is 5.95 Å². The summed E-state index contributed by atoms with van der Waals surface area (Å²) in [6.07, 6.45) is 6.51. The quantitative estimate of drug-likeness (QED) is 0.747. The minimum Gasteiger partial charge on any atom is -0.370 e. The predicted octanol–water partition coefficient (Wildman–Crippen LogP) is 4.25. The third-order valence-corrected chi connectivity index (χ3v) is 17.9. The van der Waals surface area contributed by atoms with Crippen molar-refractivity contribution in [1.29, 1.82) is 0 Å². The molecule has 0 N–H and O–H groups in total. The van der Waals surface area contributed by atoms with Crippen LogP contribution in [0.4, 0.5) is 5.95 Å². The van der Waals surface area contributed by atoms with E-state index in [1.165, 1.54) is 42.4 Å². The third kappa shape index (κ3) is 2.88. The number of rotatable bonds is 5. The van der Waals surface area contributed by atoms with Gasteiger partial charge in [0, 0.05) is 18.6 Å². The van der Waals surface area contributed by atoms with Crippen LogP contribution in [0.15, 0.2) is 18.6 Å². The second-order valence-corrected chi connectivity index (χ2v) is 17.3. The highest BCUT2D eigenvalue weighted by molar-refractivity contribution is 6.92. The topological polar surface area (TPSA) is 54.8 Å². The van der Waals surface area contributed by atoms with E-state index in [9.17, 15) is 0 Å². The molecular weight excluding hydrogens is 330 g/mol. The Morgan fingerprint density at radius 2 is 1.62 bits per heavy atom. The molecule has 1 saturated heterocycles. The molecule has 1 fully saturated rings. The first-order valence-electron chi connectivity index (χ1n) is 9.33. The summed E-state index contributed by atoms with van der Waals surface area (Å²) in [6.45, 7) is 9.53. The van der Waals surface area contributed by atoms with E-state index in [1.54, 1.807) is 12.4 Å². The molecule has 0 aliphatic carbocycles. The van der Waals surface area contributed by atoms with Crippen LogP contribution in [0.5, 0.6) is 0 Å². The van der Waals surface area contributed by atoms with Gasteiger partial charge in [-0.05, 0) is 18.1 Å². The van der Waals surface area contributed by atoms with Crippen LogP contribution in [-0.4, -0.2) is 42.4 Å². The summed E-state index contributed by atoms with van der Waals surface area (Å²) in [7, 11) is -2.74. The Morgan fingerprint density at radius 3 is 2.29 bits per heavy atom. The largest absolute Gasteiger partial charge is 0.370 e. The van der Waals surface area contributed by atoms with E-state index in [-0.39, 0.29) is 0 Å². The number of nitrogens with zero attached hydrogens (tertiary/aromatic N) is 5. The maximum absolute atomic E-state index is 4.82. The van der Waals surface area contributed by atoms with Gasteiger partial charge >= 0.3 is 0 Å². The van der Waals surface area contributed by atoms with Gasteiger partial charge in [-0.25, -0.2) is 15.0 Å². The molecule has 1 aliphatic heterocycles. The number of fused-ring (bicyclic) bond motifs is 1. The molecule has 0 bridgehead atoms. The minimum absolute atomic E-state index is 0.725. The average molecular weight is 360 g/mol. The van der Waals surface area contributed by atoms with Crippen molar-refractivity contribution in [1.82, 2.24) is 19.9 Å². The van der Waals surface area contributed by atoms with Gasteiger partial charge < -0.3 is 4.57 Å². The van der Waals surface area contributed by atoms with Crippen molar-refractivity contribution in [2.24, 2.45) is 0 Å². The molecule has 0 radical (unpaired) electrons. The molecule has 3 rings (SSSR count). The van der Waals surface area contributed by atoms with Gasteiger partial charge in [-0.2, -0.15) is 4.98 Å². The van der Waals surface area contributed by atoms with Crippen molar-refractivity contribution in [2.45, 2.75) is 64.0 Å². The smallest absolute Gasteiger partial charge is 0.219 e. The minimum atomic E-state index is -1.51. The fourth-order valence-electron chi connectivity index (χ4n) is 4.20. The van der Waals surface area contributed by atoms with Crippen LogP contribution >= 0.6 is 0 Å². The molecule has 1 aliphatic rings. The molecule has 0 aromatic carbocycles. The molecule has 0 amide bonds. The zero-order valence-corrected chi connectivity index (χ0v) is 17.4. The van der Waals surface area contributed by atoms with Gasteiger partial charge in [0.1, 0.15) is 5.52 Å². The highest BCUT2D eigenvalue weighted by Crippen LogP contribution is 2.40. The lowest BCUT2D eigenvalue weighted by molar-refractivity contribution is 0.919. The van der Waals surface area contributed by atoms with Crippen molar-refractivity contribution in [3.8, 4) is 0 Å². The Hall–Kier alpha value is -1.35. The highest BCUT2D eigenvalue weighted by atomic mass is 28.3. The van der Waals surface area contributed by atoms with Crippen LogP contribution in [0.2, 0.25) is 36.3 Å². The third-order valence-electron chi connectivity index (χ3n) is 6.46. The summed E-state index contributed by atoms with van der Waals surface area (Å²) in [6, 6.07) is 8.21. The maximum atomic E-state index is 4.82. The summed E-state index contributed by atoms with van der Waals surface area (Å²) >= 11 is 0. The first-order chi connectivity index (χ1) is 11.6. The molecule has 2 aromatic heterocycles. The normalized spacial score (nSPS) is 19.6. The summed E-state index contributed by atoms with van der Waals surface area (Å²) < 4.78 is 2.68. The average Bonchev–Trinajstić information content (AvgIpc) is 2.67. The summed E-state index contributed by atoms with van der Waals surface area (Å²) in [5.74, 6) is 0.914. The first kappa shape index (κ1) is 17.5. The molecule has 3 heterocycles. The van der Waals surface area contributed by atoms with Crippen LogP contribution in [0.1, 0.15) is 27.7 Å². The van der Waals surface area contributed by atoms with Crippen molar-refractivity contribution in [2.75, 3.05) is 10.7 Å². The molecule has 0 saturated carbocycles. The zero-order valence-electron chi connectivity index (χ0n) is 15.4. The molecule has 2 aromatic rings. The predicted molar refractivity (Wildman–Crippen MR) is 106 cm³/mol. The highest BCUT2D eigenvalue weighted by Gasteiger charge is 2.48. The lowest BCUT2D eigenvalue weighted by atomic mass is 10.5. The molecular formula is C17H29N5Si2. The van der Waals surface area contributed by atoms with Crippen molar-refractivity contribution < 1.29 is 0 Å². The van der Waals surface area contributed by atoms with Gasteiger partial charge in [-0.3, -0.25) is 0 Å². The lowest BCUT2D eigenvalue weighted by Gasteiger charge is -2.51. The van der Waals surface area contributed by atoms with Crippen LogP contribution in [0.25, 0.3) is 11.2 Å². The maximum Gasteiger partial charge on any atom is 0.219 e. The van der Waals surface area contributed by atoms with E-state index >= 15 is 0 Å². The lowest BCUT2D eigenvalue weighted by Crippen LogP contribution is -2.65. The van der Waals surface area contributed by atoms with E-state index in [0.29, 0.717) is 0 Å². The number of anilines is 1. The van der Waals surface area contributed by atoms with Crippen LogP contribution in [-0.2, 0) is 0 Å². The fourth-order valence-corrected chi connectivity index (χ4v) is 15.9. The second-order valence-electron chi connectivity index (χ2n) is 7.16. The van der Waals surface area contributed by atoms with E-state index in [0.717, 1.165) is 17.1 Å².